The van der Waals surface area contributed by atoms with Crippen LogP contribution in [0.2, 0.25) is 0 Å². The predicted molar refractivity (Wildman–Crippen MR) is 87.7 cm³/mol. The van der Waals surface area contributed by atoms with Crippen molar-refractivity contribution in [3.05, 3.63) is 40.0 Å². The highest BCUT2D eigenvalue weighted by atomic mass is 32.1. The molecule has 0 saturated carbocycles. The van der Waals surface area contributed by atoms with Crippen molar-refractivity contribution in [3.8, 4) is 0 Å². The van der Waals surface area contributed by atoms with Crippen LogP contribution in [-0.4, -0.2) is 34.5 Å². The Balaban J connectivity index is 1.45. The summed E-state index contributed by atoms with van der Waals surface area (Å²) >= 11 is 1.81. The Kier molecular flexibility index (Phi) is 4.51. The van der Waals surface area contributed by atoms with Gasteiger partial charge in [-0.3, -0.25) is 4.90 Å². The summed E-state index contributed by atoms with van der Waals surface area (Å²) < 4.78 is 0. The first-order valence-electron chi connectivity index (χ1n) is 7.49. The second kappa shape index (κ2) is 6.54. The number of anilines is 1. The molecular weight excluding hydrogens is 280 g/mol. The molecule has 0 spiro atoms. The minimum absolute atomic E-state index is 0.710. The van der Waals surface area contributed by atoms with E-state index in [0.717, 1.165) is 30.5 Å². The van der Waals surface area contributed by atoms with Gasteiger partial charge in [0.25, 0.3) is 0 Å². The van der Waals surface area contributed by atoms with Gasteiger partial charge in [0.15, 0.2) is 0 Å². The van der Waals surface area contributed by atoms with Crippen LogP contribution >= 0.6 is 11.3 Å². The molecule has 2 aromatic heterocycles. The summed E-state index contributed by atoms with van der Waals surface area (Å²) in [7, 11) is 0. The molecule has 1 saturated heterocycles. The van der Waals surface area contributed by atoms with Crippen LogP contribution < -0.4 is 5.32 Å². The first kappa shape index (κ1) is 14.5. The van der Waals surface area contributed by atoms with Crippen LogP contribution in [0.15, 0.2) is 24.5 Å². The van der Waals surface area contributed by atoms with Crippen LogP contribution in [-0.2, 0) is 6.54 Å². The van der Waals surface area contributed by atoms with Gasteiger partial charge in [-0.1, -0.05) is 6.07 Å². The van der Waals surface area contributed by atoms with Gasteiger partial charge < -0.3 is 5.32 Å². The lowest BCUT2D eigenvalue weighted by molar-refractivity contribution is 0.321. The van der Waals surface area contributed by atoms with Crippen molar-refractivity contribution in [2.24, 2.45) is 5.92 Å². The molecule has 3 rings (SSSR count). The molecule has 112 valence electrons. The second-order valence-electron chi connectivity index (χ2n) is 5.84. The fourth-order valence-corrected chi connectivity index (χ4v) is 3.58. The number of thiazole rings is 1. The van der Waals surface area contributed by atoms with Crippen LogP contribution in [0, 0.1) is 19.8 Å². The molecule has 2 aromatic rings. The highest BCUT2D eigenvalue weighted by molar-refractivity contribution is 7.11. The van der Waals surface area contributed by atoms with E-state index >= 15 is 0 Å². The van der Waals surface area contributed by atoms with Crippen molar-refractivity contribution >= 4 is 17.2 Å². The highest BCUT2D eigenvalue weighted by Gasteiger charge is 2.22. The van der Waals surface area contributed by atoms with Crippen molar-refractivity contribution in [1.82, 2.24) is 14.9 Å². The van der Waals surface area contributed by atoms with E-state index in [2.05, 4.69) is 46.2 Å². The van der Waals surface area contributed by atoms with E-state index in [4.69, 9.17) is 0 Å². The quantitative estimate of drug-likeness (QED) is 0.921. The zero-order chi connectivity index (χ0) is 14.7. The van der Waals surface area contributed by atoms with Gasteiger partial charge in [0, 0.05) is 36.9 Å². The lowest BCUT2D eigenvalue weighted by Gasteiger charge is -2.15. The summed E-state index contributed by atoms with van der Waals surface area (Å²) in [5.41, 5.74) is 1.20. The maximum absolute atomic E-state index is 4.40. The number of nitrogens with zero attached hydrogens (tertiary/aromatic N) is 3. The van der Waals surface area contributed by atoms with Crippen LogP contribution in [0.3, 0.4) is 0 Å². The van der Waals surface area contributed by atoms with E-state index < -0.39 is 0 Å². The molecule has 4 nitrogen and oxygen atoms in total. The van der Waals surface area contributed by atoms with E-state index in [0.29, 0.717) is 5.92 Å². The molecule has 1 fully saturated rings. The number of aromatic nitrogens is 2. The SMILES string of the molecule is Cc1ccc(NC[C@H]2CCN(Cc3cnc(C)s3)C2)nc1. The molecule has 0 aliphatic carbocycles. The fraction of sp³-hybridized carbons (Fsp3) is 0.500. The predicted octanol–water partition coefficient (Wildman–Crippen LogP) is 3.09. The Morgan fingerprint density at radius 1 is 1.29 bits per heavy atom. The standard InChI is InChI=1S/C16H22N4S/c1-12-3-4-16(18-7-12)19-8-14-5-6-20(10-14)11-15-9-17-13(2)21-15/h3-4,7,9,14H,5-6,8,10-11H2,1-2H3,(H,18,19)/t14-/m1/s1. The number of pyridine rings is 1. The lowest BCUT2D eigenvalue weighted by Crippen LogP contribution is -2.22. The molecule has 0 unspecified atom stereocenters. The third-order valence-electron chi connectivity index (χ3n) is 3.90. The summed E-state index contributed by atoms with van der Waals surface area (Å²) in [6.07, 6.45) is 5.19. The van der Waals surface area contributed by atoms with E-state index in [1.165, 1.54) is 23.4 Å². The zero-order valence-electron chi connectivity index (χ0n) is 12.7. The van der Waals surface area contributed by atoms with Gasteiger partial charge in [0.05, 0.1) is 5.01 Å². The van der Waals surface area contributed by atoms with Crippen molar-refractivity contribution in [1.29, 1.82) is 0 Å². The van der Waals surface area contributed by atoms with Crippen molar-refractivity contribution in [2.75, 3.05) is 25.0 Å². The Morgan fingerprint density at radius 2 is 2.19 bits per heavy atom. The summed E-state index contributed by atoms with van der Waals surface area (Å²) in [4.78, 5) is 12.6. The van der Waals surface area contributed by atoms with Gasteiger partial charge in [-0.05, 0) is 44.4 Å². The molecular formula is C16H22N4S. The van der Waals surface area contributed by atoms with E-state index in [-0.39, 0.29) is 0 Å². The van der Waals surface area contributed by atoms with E-state index in [9.17, 15) is 0 Å². The van der Waals surface area contributed by atoms with Gasteiger partial charge >= 0.3 is 0 Å². The van der Waals surface area contributed by atoms with Crippen molar-refractivity contribution in [3.63, 3.8) is 0 Å². The zero-order valence-corrected chi connectivity index (χ0v) is 13.5. The molecule has 1 N–H and O–H groups in total. The van der Waals surface area contributed by atoms with Gasteiger partial charge in [-0.15, -0.1) is 11.3 Å². The van der Waals surface area contributed by atoms with Gasteiger partial charge in [-0.25, -0.2) is 9.97 Å². The minimum Gasteiger partial charge on any atom is -0.370 e. The maximum Gasteiger partial charge on any atom is 0.125 e. The van der Waals surface area contributed by atoms with Crippen LogP contribution in [0.1, 0.15) is 21.9 Å². The monoisotopic (exact) mass is 302 g/mol. The van der Waals surface area contributed by atoms with Gasteiger partial charge in [0.2, 0.25) is 0 Å². The molecule has 0 bridgehead atoms. The molecule has 1 aliphatic rings. The third-order valence-corrected chi connectivity index (χ3v) is 4.80. The molecule has 0 amide bonds. The largest absolute Gasteiger partial charge is 0.370 e. The molecule has 1 atom stereocenters. The molecule has 3 heterocycles. The van der Waals surface area contributed by atoms with Crippen LogP contribution in [0.5, 0.6) is 0 Å². The number of hydrogen-bond donors (Lipinski definition) is 1. The maximum atomic E-state index is 4.40. The Morgan fingerprint density at radius 3 is 2.90 bits per heavy atom. The van der Waals surface area contributed by atoms with E-state index in [1.54, 1.807) is 0 Å². The average Bonchev–Trinajstić information content (AvgIpc) is 3.08. The second-order valence-corrected chi connectivity index (χ2v) is 7.16. The number of rotatable bonds is 5. The van der Waals surface area contributed by atoms with Gasteiger partial charge in [-0.2, -0.15) is 0 Å². The van der Waals surface area contributed by atoms with Crippen LogP contribution in [0.25, 0.3) is 0 Å². The average molecular weight is 302 g/mol. The molecule has 0 radical (unpaired) electrons. The van der Waals surface area contributed by atoms with Crippen LogP contribution in [0.4, 0.5) is 5.82 Å². The molecule has 5 heteroatoms. The number of likely N-dealkylation sites (tertiary alicyclic amines) is 1. The highest BCUT2D eigenvalue weighted by Crippen LogP contribution is 2.21. The molecule has 1 aliphatic heterocycles. The fourth-order valence-electron chi connectivity index (χ4n) is 2.74. The first-order valence-corrected chi connectivity index (χ1v) is 8.31. The Hall–Kier alpha value is -1.46. The first-order chi connectivity index (χ1) is 10.2. The number of aryl methyl sites for hydroxylation is 2. The molecule has 21 heavy (non-hydrogen) atoms. The minimum atomic E-state index is 0.710. The number of hydrogen-bond acceptors (Lipinski definition) is 5. The third kappa shape index (κ3) is 4.02. The number of nitrogens with one attached hydrogen (secondary N) is 1. The summed E-state index contributed by atoms with van der Waals surface area (Å²) in [6.45, 7) is 8.53. The topological polar surface area (TPSA) is 41.0 Å². The normalized spacial score (nSPS) is 19.0. The summed E-state index contributed by atoms with van der Waals surface area (Å²) in [6, 6.07) is 4.16. The smallest absolute Gasteiger partial charge is 0.125 e. The summed E-state index contributed by atoms with van der Waals surface area (Å²) in [5.74, 6) is 1.69. The Bertz CT molecular complexity index is 578. The molecule has 0 aromatic carbocycles. The van der Waals surface area contributed by atoms with Gasteiger partial charge in [0.1, 0.15) is 5.82 Å². The van der Waals surface area contributed by atoms with Crippen molar-refractivity contribution < 1.29 is 0 Å². The Labute approximate surface area is 130 Å². The summed E-state index contributed by atoms with van der Waals surface area (Å²) in [5, 5.41) is 4.61. The van der Waals surface area contributed by atoms with E-state index in [1.807, 2.05) is 23.7 Å². The lowest BCUT2D eigenvalue weighted by atomic mass is 10.1. The van der Waals surface area contributed by atoms with Crippen molar-refractivity contribution in [2.45, 2.75) is 26.8 Å².